The highest BCUT2D eigenvalue weighted by atomic mass is 16.3. The maximum atomic E-state index is 9.54. The van der Waals surface area contributed by atoms with Crippen molar-refractivity contribution in [1.82, 2.24) is 10.2 Å². The van der Waals surface area contributed by atoms with Gasteiger partial charge in [-0.1, -0.05) is 6.92 Å². The second-order valence-electron chi connectivity index (χ2n) is 6.14. The second kappa shape index (κ2) is 7.46. The highest BCUT2D eigenvalue weighted by Crippen LogP contribution is 2.20. The summed E-state index contributed by atoms with van der Waals surface area (Å²) in [6.45, 7) is 6.09. The van der Waals surface area contributed by atoms with E-state index in [4.69, 9.17) is 0 Å². The van der Waals surface area contributed by atoms with Crippen molar-refractivity contribution in [2.24, 2.45) is 0 Å². The van der Waals surface area contributed by atoms with E-state index in [9.17, 15) is 5.11 Å². The Balaban J connectivity index is 1.70. The molecule has 1 aliphatic heterocycles. The van der Waals surface area contributed by atoms with E-state index in [1.54, 1.807) is 0 Å². The van der Waals surface area contributed by atoms with Gasteiger partial charge in [0, 0.05) is 12.1 Å². The molecule has 1 saturated heterocycles. The van der Waals surface area contributed by atoms with Crippen LogP contribution in [0.3, 0.4) is 0 Å². The first-order chi connectivity index (χ1) is 8.78. The molecule has 1 heterocycles. The first kappa shape index (κ1) is 14.3. The zero-order valence-electron chi connectivity index (χ0n) is 11.9. The van der Waals surface area contributed by atoms with Gasteiger partial charge in [0.05, 0.1) is 6.10 Å². The molecule has 0 aromatic rings. The van der Waals surface area contributed by atoms with Crippen molar-refractivity contribution in [3.8, 4) is 0 Å². The van der Waals surface area contributed by atoms with Gasteiger partial charge in [-0.3, -0.25) is 0 Å². The van der Waals surface area contributed by atoms with Crippen LogP contribution < -0.4 is 5.32 Å². The SMILES string of the molecule is CCCN1CCCC(NC2CCC(O)CC2)CC1. The zero-order chi connectivity index (χ0) is 12.8. The number of rotatable bonds is 4. The third-order valence-corrected chi connectivity index (χ3v) is 4.53. The highest BCUT2D eigenvalue weighted by Gasteiger charge is 2.23. The quantitative estimate of drug-likeness (QED) is 0.807. The molecule has 0 aromatic carbocycles. The Morgan fingerprint density at radius 3 is 2.44 bits per heavy atom. The standard InChI is InChI=1S/C15H30N2O/c1-2-10-17-11-3-4-13(9-12-17)16-14-5-7-15(18)8-6-14/h13-16,18H,2-12H2,1H3. The smallest absolute Gasteiger partial charge is 0.0541 e. The van der Waals surface area contributed by atoms with E-state index in [-0.39, 0.29) is 6.10 Å². The molecule has 18 heavy (non-hydrogen) atoms. The monoisotopic (exact) mass is 254 g/mol. The largest absolute Gasteiger partial charge is 0.393 e. The Bertz CT molecular complexity index is 227. The summed E-state index contributed by atoms with van der Waals surface area (Å²) in [6, 6.07) is 1.38. The van der Waals surface area contributed by atoms with Crippen molar-refractivity contribution in [3.63, 3.8) is 0 Å². The minimum absolute atomic E-state index is 0.0303. The molecule has 1 saturated carbocycles. The Morgan fingerprint density at radius 2 is 1.72 bits per heavy atom. The molecule has 2 fully saturated rings. The lowest BCUT2D eigenvalue weighted by atomic mass is 9.92. The maximum absolute atomic E-state index is 9.54. The van der Waals surface area contributed by atoms with Crippen LogP contribution in [0.5, 0.6) is 0 Å². The third-order valence-electron chi connectivity index (χ3n) is 4.53. The van der Waals surface area contributed by atoms with Gasteiger partial charge in [0.25, 0.3) is 0 Å². The molecule has 0 amide bonds. The van der Waals surface area contributed by atoms with Gasteiger partial charge in [-0.05, 0) is 71.0 Å². The summed E-state index contributed by atoms with van der Waals surface area (Å²) >= 11 is 0. The predicted octanol–water partition coefficient (Wildman–Crippen LogP) is 2.14. The Kier molecular flexibility index (Phi) is 5.93. The molecule has 3 nitrogen and oxygen atoms in total. The fourth-order valence-corrected chi connectivity index (χ4v) is 3.44. The summed E-state index contributed by atoms with van der Waals surface area (Å²) in [5, 5.41) is 13.4. The molecule has 1 atom stereocenters. The van der Waals surface area contributed by atoms with Crippen molar-refractivity contribution >= 4 is 0 Å². The summed E-state index contributed by atoms with van der Waals surface area (Å²) in [4.78, 5) is 2.62. The lowest BCUT2D eigenvalue weighted by molar-refractivity contribution is 0.113. The van der Waals surface area contributed by atoms with E-state index in [2.05, 4.69) is 17.1 Å². The van der Waals surface area contributed by atoms with Gasteiger partial charge < -0.3 is 15.3 Å². The molecule has 1 unspecified atom stereocenters. The molecule has 106 valence electrons. The van der Waals surface area contributed by atoms with Crippen LogP contribution in [-0.2, 0) is 0 Å². The van der Waals surface area contributed by atoms with Crippen LogP contribution >= 0.6 is 0 Å². The average molecular weight is 254 g/mol. The fourth-order valence-electron chi connectivity index (χ4n) is 3.44. The van der Waals surface area contributed by atoms with Crippen LogP contribution in [0.2, 0.25) is 0 Å². The van der Waals surface area contributed by atoms with E-state index in [0.29, 0.717) is 12.1 Å². The first-order valence-corrected chi connectivity index (χ1v) is 7.94. The summed E-state index contributed by atoms with van der Waals surface area (Å²) in [5.41, 5.74) is 0. The Labute approximate surface area is 112 Å². The van der Waals surface area contributed by atoms with Crippen LogP contribution in [0, 0.1) is 0 Å². The van der Waals surface area contributed by atoms with E-state index in [0.717, 1.165) is 25.7 Å². The molecule has 1 aliphatic carbocycles. The minimum Gasteiger partial charge on any atom is -0.393 e. The van der Waals surface area contributed by atoms with Crippen molar-refractivity contribution in [2.45, 2.75) is 76.5 Å². The molecule has 0 radical (unpaired) electrons. The number of aliphatic hydroxyl groups excluding tert-OH is 1. The lowest BCUT2D eigenvalue weighted by Crippen LogP contribution is -2.41. The molecule has 0 spiro atoms. The highest BCUT2D eigenvalue weighted by molar-refractivity contribution is 4.82. The Morgan fingerprint density at radius 1 is 1.00 bits per heavy atom. The van der Waals surface area contributed by atoms with Crippen LogP contribution in [0.1, 0.15) is 58.3 Å². The number of likely N-dealkylation sites (tertiary alicyclic amines) is 1. The van der Waals surface area contributed by atoms with E-state index < -0.39 is 0 Å². The zero-order valence-corrected chi connectivity index (χ0v) is 11.9. The van der Waals surface area contributed by atoms with Crippen LogP contribution in [-0.4, -0.2) is 47.8 Å². The van der Waals surface area contributed by atoms with Gasteiger partial charge in [-0.25, -0.2) is 0 Å². The normalized spacial score (nSPS) is 35.3. The van der Waals surface area contributed by atoms with Crippen LogP contribution in [0.15, 0.2) is 0 Å². The van der Waals surface area contributed by atoms with Gasteiger partial charge >= 0.3 is 0 Å². The number of aliphatic hydroxyl groups is 1. The van der Waals surface area contributed by atoms with Crippen molar-refractivity contribution < 1.29 is 5.11 Å². The number of nitrogens with one attached hydrogen (secondary N) is 1. The molecule has 0 aromatic heterocycles. The van der Waals surface area contributed by atoms with Crippen LogP contribution in [0.4, 0.5) is 0 Å². The third kappa shape index (κ3) is 4.52. The topological polar surface area (TPSA) is 35.5 Å². The van der Waals surface area contributed by atoms with E-state index in [1.807, 2.05) is 0 Å². The van der Waals surface area contributed by atoms with Crippen molar-refractivity contribution in [3.05, 3.63) is 0 Å². The fraction of sp³-hybridized carbons (Fsp3) is 1.00. The van der Waals surface area contributed by atoms with E-state index >= 15 is 0 Å². The molecule has 2 N–H and O–H groups in total. The molecule has 0 bridgehead atoms. The Hall–Kier alpha value is -0.120. The summed E-state index contributed by atoms with van der Waals surface area (Å²) in [7, 11) is 0. The maximum Gasteiger partial charge on any atom is 0.0541 e. The van der Waals surface area contributed by atoms with Crippen molar-refractivity contribution in [2.75, 3.05) is 19.6 Å². The molecule has 2 aliphatic rings. The van der Waals surface area contributed by atoms with Gasteiger partial charge in [-0.15, -0.1) is 0 Å². The van der Waals surface area contributed by atoms with E-state index in [1.165, 1.54) is 45.3 Å². The average Bonchev–Trinajstić information content (AvgIpc) is 2.59. The number of nitrogens with zero attached hydrogens (tertiary/aromatic N) is 1. The van der Waals surface area contributed by atoms with Crippen molar-refractivity contribution in [1.29, 1.82) is 0 Å². The summed E-state index contributed by atoms with van der Waals surface area (Å²) < 4.78 is 0. The second-order valence-corrected chi connectivity index (χ2v) is 6.14. The van der Waals surface area contributed by atoms with Crippen LogP contribution in [0.25, 0.3) is 0 Å². The van der Waals surface area contributed by atoms with Gasteiger partial charge in [0.1, 0.15) is 0 Å². The number of hydrogen-bond donors (Lipinski definition) is 2. The van der Waals surface area contributed by atoms with Gasteiger partial charge in [0.2, 0.25) is 0 Å². The molecule has 2 rings (SSSR count). The minimum atomic E-state index is -0.0303. The predicted molar refractivity (Wildman–Crippen MR) is 75.8 cm³/mol. The molecular weight excluding hydrogens is 224 g/mol. The van der Waals surface area contributed by atoms with Gasteiger partial charge in [-0.2, -0.15) is 0 Å². The van der Waals surface area contributed by atoms with Gasteiger partial charge in [0.15, 0.2) is 0 Å². The first-order valence-electron chi connectivity index (χ1n) is 7.94. The molecular formula is C15H30N2O. The molecule has 3 heteroatoms. The lowest BCUT2D eigenvalue weighted by Gasteiger charge is -2.30. The summed E-state index contributed by atoms with van der Waals surface area (Å²) in [6.07, 6.45) is 9.53. The summed E-state index contributed by atoms with van der Waals surface area (Å²) in [5.74, 6) is 0. The number of hydrogen-bond acceptors (Lipinski definition) is 3.